The smallest absolute Gasteiger partial charge is 0.344 e. The zero-order valence-electron chi connectivity index (χ0n) is 14.0. The number of rotatable bonds is 5. The van der Waals surface area contributed by atoms with Gasteiger partial charge in [-0.2, -0.15) is 0 Å². The third kappa shape index (κ3) is 2.94. The van der Waals surface area contributed by atoms with Crippen LogP contribution in [0, 0.1) is 6.92 Å². The molecule has 0 unspecified atom stereocenters. The van der Waals surface area contributed by atoms with Gasteiger partial charge in [0.1, 0.15) is 22.8 Å². The molecule has 3 rings (SSSR count). The van der Waals surface area contributed by atoms with Crippen LogP contribution < -0.4 is 19.8 Å². The fraction of sp³-hybridized carbons (Fsp3) is 0.158. The van der Waals surface area contributed by atoms with Crippen molar-refractivity contribution < 1.29 is 23.4 Å². The minimum atomic E-state index is -0.514. The van der Waals surface area contributed by atoms with Crippen molar-refractivity contribution in [1.82, 2.24) is 0 Å². The summed E-state index contributed by atoms with van der Waals surface area (Å²) in [6.45, 7) is 2.15. The van der Waals surface area contributed by atoms with E-state index in [1.807, 2.05) is 6.92 Å². The summed E-state index contributed by atoms with van der Waals surface area (Å²) < 4.78 is 20.9. The number of hydrogen-bond donors (Lipinski definition) is 0. The van der Waals surface area contributed by atoms with Gasteiger partial charge in [-0.15, -0.1) is 0 Å². The summed E-state index contributed by atoms with van der Waals surface area (Å²) in [4.78, 5) is 23.1. The Hall–Kier alpha value is -3.28. The van der Waals surface area contributed by atoms with Crippen molar-refractivity contribution in [3.05, 3.63) is 52.4 Å². The number of carbonyl (C=O) groups is 1. The molecule has 0 saturated carbocycles. The van der Waals surface area contributed by atoms with Crippen LogP contribution in [0.1, 0.15) is 5.56 Å². The fourth-order valence-corrected chi connectivity index (χ4v) is 2.79. The molecule has 25 heavy (non-hydrogen) atoms. The van der Waals surface area contributed by atoms with Gasteiger partial charge >= 0.3 is 5.63 Å². The van der Waals surface area contributed by atoms with E-state index in [4.69, 9.17) is 18.6 Å². The van der Waals surface area contributed by atoms with Gasteiger partial charge in [0, 0.05) is 17.0 Å². The molecule has 2 aromatic carbocycles. The molecule has 0 radical (unpaired) electrons. The van der Waals surface area contributed by atoms with Crippen LogP contribution in [-0.2, 0) is 4.79 Å². The highest BCUT2D eigenvalue weighted by Crippen LogP contribution is 2.36. The van der Waals surface area contributed by atoms with Crippen LogP contribution in [0.2, 0.25) is 0 Å². The average molecular weight is 340 g/mol. The predicted molar refractivity (Wildman–Crippen MR) is 92.5 cm³/mol. The van der Waals surface area contributed by atoms with E-state index in [0.717, 1.165) is 10.9 Å². The lowest BCUT2D eigenvalue weighted by Crippen LogP contribution is -2.07. The van der Waals surface area contributed by atoms with E-state index in [0.29, 0.717) is 40.4 Å². The highest BCUT2D eigenvalue weighted by atomic mass is 16.5. The number of aryl methyl sites for hydroxylation is 1. The molecule has 0 saturated heterocycles. The highest BCUT2D eigenvalue weighted by Gasteiger charge is 2.18. The molecule has 0 aliphatic heterocycles. The maximum Gasteiger partial charge on any atom is 0.344 e. The standard InChI is InChI=1S/C19H16O6/c1-11-14-6-4-13(24-10-20)9-17(14)25-19(21)18(11)15-8-12(22-2)5-7-16(15)23-3/h4-10H,1-3H3. The Morgan fingerprint density at radius 2 is 1.76 bits per heavy atom. The molecular formula is C19H16O6. The second kappa shape index (κ2) is 6.68. The minimum Gasteiger partial charge on any atom is -0.497 e. The summed E-state index contributed by atoms with van der Waals surface area (Å²) in [6.07, 6.45) is 0. The van der Waals surface area contributed by atoms with Gasteiger partial charge in [-0.1, -0.05) is 0 Å². The molecule has 0 spiro atoms. The molecule has 3 aromatic rings. The molecule has 1 heterocycles. The number of hydrogen-bond acceptors (Lipinski definition) is 6. The Balaban J connectivity index is 2.29. The van der Waals surface area contributed by atoms with Crippen molar-refractivity contribution in [2.75, 3.05) is 14.2 Å². The first-order valence-corrected chi connectivity index (χ1v) is 7.49. The first kappa shape index (κ1) is 16.6. The van der Waals surface area contributed by atoms with Crippen LogP contribution in [0.3, 0.4) is 0 Å². The Bertz CT molecular complexity index is 1000. The van der Waals surface area contributed by atoms with Crippen molar-refractivity contribution in [2.45, 2.75) is 6.92 Å². The Labute approximate surface area is 143 Å². The largest absolute Gasteiger partial charge is 0.497 e. The molecule has 0 bridgehead atoms. The molecule has 6 nitrogen and oxygen atoms in total. The van der Waals surface area contributed by atoms with E-state index in [-0.39, 0.29) is 0 Å². The summed E-state index contributed by atoms with van der Waals surface area (Å²) in [6, 6.07) is 10.1. The van der Waals surface area contributed by atoms with Gasteiger partial charge in [0.05, 0.1) is 19.8 Å². The zero-order valence-corrected chi connectivity index (χ0v) is 14.0. The van der Waals surface area contributed by atoms with E-state index in [9.17, 15) is 9.59 Å². The molecule has 0 atom stereocenters. The van der Waals surface area contributed by atoms with Crippen LogP contribution >= 0.6 is 0 Å². The van der Waals surface area contributed by atoms with Crippen molar-refractivity contribution in [1.29, 1.82) is 0 Å². The fourth-order valence-electron chi connectivity index (χ4n) is 2.79. The number of carbonyl (C=O) groups excluding carboxylic acids is 1. The van der Waals surface area contributed by atoms with Crippen molar-refractivity contribution >= 4 is 17.4 Å². The SMILES string of the molecule is COc1ccc(OC)c(-c2c(C)c3ccc(OC=O)cc3oc2=O)c1. The van der Waals surface area contributed by atoms with E-state index in [1.54, 1.807) is 37.4 Å². The van der Waals surface area contributed by atoms with Gasteiger partial charge in [0.25, 0.3) is 6.47 Å². The Morgan fingerprint density at radius 1 is 1.00 bits per heavy atom. The van der Waals surface area contributed by atoms with Gasteiger partial charge in [-0.3, -0.25) is 4.79 Å². The van der Waals surface area contributed by atoms with Gasteiger partial charge in [0.15, 0.2) is 0 Å². The first-order chi connectivity index (χ1) is 12.1. The molecule has 128 valence electrons. The predicted octanol–water partition coefficient (Wildman–Crippen LogP) is 3.32. The van der Waals surface area contributed by atoms with Gasteiger partial charge in [-0.25, -0.2) is 4.79 Å². The summed E-state index contributed by atoms with van der Waals surface area (Å²) in [5, 5.41) is 0.734. The third-order valence-corrected chi connectivity index (χ3v) is 4.00. The molecule has 0 N–H and O–H groups in total. The van der Waals surface area contributed by atoms with E-state index < -0.39 is 5.63 Å². The lowest BCUT2D eigenvalue weighted by molar-refractivity contribution is -0.120. The normalized spacial score (nSPS) is 10.5. The summed E-state index contributed by atoms with van der Waals surface area (Å²) in [5.74, 6) is 1.44. The van der Waals surface area contributed by atoms with E-state index >= 15 is 0 Å². The van der Waals surface area contributed by atoms with Crippen molar-refractivity contribution in [2.24, 2.45) is 0 Å². The lowest BCUT2D eigenvalue weighted by Gasteiger charge is -2.13. The summed E-state index contributed by atoms with van der Waals surface area (Å²) >= 11 is 0. The minimum absolute atomic E-state index is 0.303. The molecule has 6 heteroatoms. The van der Waals surface area contributed by atoms with Gasteiger partial charge < -0.3 is 18.6 Å². The summed E-state index contributed by atoms with van der Waals surface area (Å²) in [7, 11) is 3.09. The zero-order chi connectivity index (χ0) is 18.0. The van der Waals surface area contributed by atoms with Crippen LogP contribution in [0.25, 0.3) is 22.1 Å². The average Bonchev–Trinajstić information content (AvgIpc) is 2.61. The van der Waals surface area contributed by atoms with E-state index in [2.05, 4.69) is 0 Å². The second-order valence-corrected chi connectivity index (χ2v) is 5.33. The molecule has 0 fully saturated rings. The third-order valence-electron chi connectivity index (χ3n) is 4.00. The molecule has 0 aliphatic rings. The first-order valence-electron chi connectivity index (χ1n) is 7.49. The van der Waals surface area contributed by atoms with Crippen LogP contribution in [0.15, 0.2) is 45.6 Å². The Kier molecular flexibility index (Phi) is 4.43. The van der Waals surface area contributed by atoms with Crippen LogP contribution in [0.5, 0.6) is 17.2 Å². The monoisotopic (exact) mass is 340 g/mol. The quantitative estimate of drug-likeness (QED) is 0.524. The van der Waals surface area contributed by atoms with Crippen LogP contribution in [-0.4, -0.2) is 20.7 Å². The number of ether oxygens (including phenoxy) is 3. The van der Waals surface area contributed by atoms with Gasteiger partial charge in [-0.05, 0) is 42.8 Å². The maximum absolute atomic E-state index is 12.6. The van der Waals surface area contributed by atoms with E-state index in [1.165, 1.54) is 13.2 Å². The number of methoxy groups -OCH3 is 2. The second-order valence-electron chi connectivity index (χ2n) is 5.33. The summed E-state index contributed by atoms with van der Waals surface area (Å²) in [5.41, 5.74) is 1.54. The number of fused-ring (bicyclic) bond motifs is 1. The molecule has 0 amide bonds. The molecule has 1 aromatic heterocycles. The molecular weight excluding hydrogens is 324 g/mol. The Morgan fingerprint density at radius 3 is 2.44 bits per heavy atom. The van der Waals surface area contributed by atoms with Crippen molar-refractivity contribution in [3.8, 4) is 28.4 Å². The maximum atomic E-state index is 12.6. The highest BCUT2D eigenvalue weighted by molar-refractivity contribution is 5.89. The topological polar surface area (TPSA) is 75.0 Å². The lowest BCUT2D eigenvalue weighted by atomic mass is 9.98. The van der Waals surface area contributed by atoms with Crippen LogP contribution in [0.4, 0.5) is 0 Å². The van der Waals surface area contributed by atoms with Crippen molar-refractivity contribution in [3.63, 3.8) is 0 Å². The van der Waals surface area contributed by atoms with Gasteiger partial charge in [0.2, 0.25) is 0 Å². The number of benzene rings is 2. The molecule has 0 aliphatic carbocycles.